The molecule has 0 aliphatic heterocycles. The number of hydrogen-bond acceptors (Lipinski definition) is 5. The van der Waals surface area contributed by atoms with Crippen molar-refractivity contribution in [2.45, 2.75) is 18.9 Å². The molecule has 1 aromatic rings. The molecule has 0 bridgehead atoms. The molecule has 1 fully saturated rings. The summed E-state index contributed by atoms with van der Waals surface area (Å²) in [5.41, 5.74) is 5.59. The van der Waals surface area contributed by atoms with E-state index in [2.05, 4.69) is 14.9 Å². The molecule has 1 aliphatic carbocycles. The highest BCUT2D eigenvalue weighted by molar-refractivity contribution is 5.43. The lowest BCUT2D eigenvalue weighted by atomic mass is 10.4. The van der Waals surface area contributed by atoms with Crippen LogP contribution in [0.5, 0.6) is 5.88 Å². The predicted octanol–water partition coefficient (Wildman–Crippen LogP) is 0.413. The van der Waals surface area contributed by atoms with Crippen LogP contribution >= 0.6 is 0 Å². The molecule has 1 heterocycles. The molecule has 1 aliphatic rings. The topological polar surface area (TPSA) is 64.3 Å². The molecule has 5 heteroatoms. The van der Waals surface area contributed by atoms with E-state index >= 15 is 0 Å². The smallest absolute Gasteiger partial charge is 0.218 e. The summed E-state index contributed by atoms with van der Waals surface area (Å²) in [6.07, 6.45) is 3.98. The highest BCUT2D eigenvalue weighted by Crippen LogP contribution is 2.30. The SMILES string of the molecule is COc1cc(N(CCN)C2CC2)ncn1. The Morgan fingerprint density at radius 1 is 1.53 bits per heavy atom. The third kappa shape index (κ3) is 2.36. The predicted molar refractivity (Wildman–Crippen MR) is 58.0 cm³/mol. The largest absolute Gasteiger partial charge is 0.481 e. The van der Waals surface area contributed by atoms with E-state index < -0.39 is 0 Å². The average Bonchev–Trinajstić information content (AvgIpc) is 3.10. The molecule has 1 aromatic heterocycles. The molecule has 0 spiro atoms. The van der Waals surface area contributed by atoms with Gasteiger partial charge in [-0.25, -0.2) is 9.97 Å². The van der Waals surface area contributed by atoms with Gasteiger partial charge in [-0.15, -0.1) is 0 Å². The van der Waals surface area contributed by atoms with Crippen molar-refractivity contribution in [3.05, 3.63) is 12.4 Å². The first kappa shape index (κ1) is 10.2. The zero-order valence-electron chi connectivity index (χ0n) is 8.89. The van der Waals surface area contributed by atoms with Crippen LogP contribution < -0.4 is 15.4 Å². The van der Waals surface area contributed by atoms with Gasteiger partial charge in [0.15, 0.2) is 0 Å². The number of nitrogens with two attached hydrogens (primary N) is 1. The number of anilines is 1. The van der Waals surface area contributed by atoms with E-state index in [0.29, 0.717) is 18.5 Å². The van der Waals surface area contributed by atoms with Crippen molar-refractivity contribution in [3.63, 3.8) is 0 Å². The van der Waals surface area contributed by atoms with Crippen LogP contribution in [-0.4, -0.2) is 36.2 Å². The second kappa shape index (κ2) is 4.44. The molecule has 15 heavy (non-hydrogen) atoms. The monoisotopic (exact) mass is 208 g/mol. The Kier molecular flexibility index (Phi) is 3.01. The van der Waals surface area contributed by atoms with Crippen LogP contribution in [0.25, 0.3) is 0 Å². The lowest BCUT2D eigenvalue weighted by molar-refractivity contribution is 0.396. The van der Waals surface area contributed by atoms with E-state index in [9.17, 15) is 0 Å². The van der Waals surface area contributed by atoms with E-state index in [4.69, 9.17) is 10.5 Å². The molecule has 82 valence electrons. The molecular weight excluding hydrogens is 192 g/mol. The number of methoxy groups -OCH3 is 1. The number of aromatic nitrogens is 2. The summed E-state index contributed by atoms with van der Waals surface area (Å²) in [5.74, 6) is 1.51. The Hall–Kier alpha value is -1.36. The maximum atomic E-state index is 5.59. The minimum absolute atomic E-state index is 0.600. The maximum Gasteiger partial charge on any atom is 0.218 e. The van der Waals surface area contributed by atoms with Gasteiger partial charge < -0.3 is 15.4 Å². The highest BCUT2D eigenvalue weighted by Gasteiger charge is 2.29. The van der Waals surface area contributed by atoms with Gasteiger partial charge in [-0.3, -0.25) is 0 Å². The lowest BCUT2D eigenvalue weighted by Gasteiger charge is -2.22. The van der Waals surface area contributed by atoms with E-state index in [-0.39, 0.29) is 0 Å². The first-order valence-electron chi connectivity index (χ1n) is 5.18. The zero-order valence-corrected chi connectivity index (χ0v) is 8.89. The minimum atomic E-state index is 0.600. The second-order valence-electron chi connectivity index (χ2n) is 3.63. The van der Waals surface area contributed by atoms with Gasteiger partial charge in [0.25, 0.3) is 0 Å². The summed E-state index contributed by atoms with van der Waals surface area (Å²) < 4.78 is 5.07. The Morgan fingerprint density at radius 2 is 2.33 bits per heavy atom. The van der Waals surface area contributed by atoms with Gasteiger partial charge in [0.1, 0.15) is 12.1 Å². The zero-order chi connectivity index (χ0) is 10.7. The molecule has 1 saturated carbocycles. The molecule has 0 atom stereocenters. The summed E-state index contributed by atoms with van der Waals surface area (Å²) in [4.78, 5) is 10.5. The second-order valence-corrected chi connectivity index (χ2v) is 3.63. The van der Waals surface area contributed by atoms with Gasteiger partial charge >= 0.3 is 0 Å². The van der Waals surface area contributed by atoms with Crippen LogP contribution in [0.3, 0.4) is 0 Å². The van der Waals surface area contributed by atoms with Gasteiger partial charge in [0, 0.05) is 25.2 Å². The van der Waals surface area contributed by atoms with Crippen molar-refractivity contribution in [1.29, 1.82) is 0 Å². The molecule has 0 amide bonds. The van der Waals surface area contributed by atoms with Crippen LogP contribution in [0.1, 0.15) is 12.8 Å². The highest BCUT2D eigenvalue weighted by atomic mass is 16.5. The minimum Gasteiger partial charge on any atom is -0.481 e. The van der Waals surface area contributed by atoms with Crippen LogP contribution in [-0.2, 0) is 0 Å². The molecular formula is C10H16N4O. The number of hydrogen-bond donors (Lipinski definition) is 1. The van der Waals surface area contributed by atoms with E-state index in [0.717, 1.165) is 12.4 Å². The fraction of sp³-hybridized carbons (Fsp3) is 0.600. The van der Waals surface area contributed by atoms with Crippen molar-refractivity contribution in [3.8, 4) is 5.88 Å². The quantitative estimate of drug-likeness (QED) is 0.759. The normalized spacial score (nSPS) is 15.1. The molecule has 5 nitrogen and oxygen atoms in total. The maximum absolute atomic E-state index is 5.59. The van der Waals surface area contributed by atoms with Crippen molar-refractivity contribution in [2.24, 2.45) is 5.73 Å². The molecule has 0 aromatic carbocycles. The fourth-order valence-electron chi connectivity index (χ4n) is 1.61. The molecule has 0 unspecified atom stereocenters. The Labute approximate surface area is 89.3 Å². The Morgan fingerprint density at radius 3 is 2.93 bits per heavy atom. The molecule has 0 saturated heterocycles. The number of ether oxygens (including phenoxy) is 1. The van der Waals surface area contributed by atoms with Crippen LogP contribution in [0, 0.1) is 0 Å². The van der Waals surface area contributed by atoms with Gasteiger partial charge in [-0.1, -0.05) is 0 Å². The average molecular weight is 208 g/mol. The number of rotatable bonds is 5. The third-order valence-corrected chi connectivity index (χ3v) is 2.49. The first-order chi connectivity index (χ1) is 7.35. The first-order valence-corrected chi connectivity index (χ1v) is 5.18. The summed E-state index contributed by atoms with van der Waals surface area (Å²) in [6.45, 7) is 1.48. The number of nitrogens with zero attached hydrogens (tertiary/aromatic N) is 3. The van der Waals surface area contributed by atoms with Gasteiger partial charge in [-0.2, -0.15) is 0 Å². The van der Waals surface area contributed by atoms with Crippen LogP contribution in [0.15, 0.2) is 12.4 Å². The summed E-state index contributed by atoms with van der Waals surface area (Å²) in [7, 11) is 1.61. The molecule has 2 N–H and O–H groups in total. The Balaban J connectivity index is 2.16. The van der Waals surface area contributed by atoms with Crippen LogP contribution in [0.2, 0.25) is 0 Å². The molecule has 2 rings (SSSR count). The fourth-order valence-corrected chi connectivity index (χ4v) is 1.61. The Bertz CT molecular complexity index is 327. The van der Waals surface area contributed by atoms with Crippen molar-refractivity contribution in [1.82, 2.24) is 9.97 Å². The third-order valence-electron chi connectivity index (χ3n) is 2.49. The van der Waals surface area contributed by atoms with Gasteiger partial charge in [-0.05, 0) is 12.8 Å². The van der Waals surface area contributed by atoms with E-state index in [1.54, 1.807) is 7.11 Å². The van der Waals surface area contributed by atoms with Crippen molar-refractivity contribution >= 4 is 5.82 Å². The van der Waals surface area contributed by atoms with Crippen LogP contribution in [0.4, 0.5) is 5.82 Å². The standard InChI is InChI=1S/C10H16N4O/c1-15-10-6-9(12-7-13-10)14(5-4-11)8-2-3-8/h6-8H,2-5,11H2,1H3. The van der Waals surface area contributed by atoms with Crippen molar-refractivity contribution < 1.29 is 4.74 Å². The van der Waals surface area contributed by atoms with E-state index in [1.165, 1.54) is 19.2 Å². The van der Waals surface area contributed by atoms with Gasteiger partial charge in [0.2, 0.25) is 5.88 Å². The summed E-state index contributed by atoms with van der Waals surface area (Å²) >= 11 is 0. The summed E-state index contributed by atoms with van der Waals surface area (Å²) in [6, 6.07) is 2.46. The lowest BCUT2D eigenvalue weighted by Crippen LogP contribution is -2.32. The van der Waals surface area contributed by atoms with Crippen molar-refractivity contribution in [2.75, 3.05) is 25.1 Å². The summed E-state index contributed by atoms with van der Waals surface area (Å²) in [5, 5.41) is 0. The van der Waals surface area contributed by atoms with E-state index in [1.807, 2.05) is 6.07 Å². The molecule has 0 radical (unpaired) electrons. The van der Waals surface area contributed by atoms with Gasteiger partial charge in [0.05, 0.1) is 7.11 Å².